The van der Waals surface area contributed by atoms with Crippen LogP contribution in [0.5, 0.6) is 0 Å². The first-order valence-electron chi connectivity index (χ1n) is 4.47. The maximum Gasteiger partial charge on any atom is 0.255 e. The molecule has 0 saturated heterocycles. The topological polar surface area (TPSA) is 82.5 Å². The van der Waals surface area contributed by atoms with E-state index in [1.807, 2.05) is 6.07 Å². The lowest BCUT2D eigenvalue weighted by Crippen LogP contribution is -2.19. The summed E-state index contributed by atoms with van der Waals surface area (Å²) in [5, 5.41) is 14.0. The molecule has 0 atom stereocenters. The Morgan fingerprint density at radius 2 is 2.31 bits per heavy atom. The van der Waals surface area contributed by atoms with Crippen molar-refractivity contribution in [2.75, 3.05) is 5.01 Å². The molecular formula is C10H7ClN4O. The summed E-state index contributed by atoms with van der Waals surface area (Å²) in [7, 11) is 0. The van der Waals surface area contributed by atoms with Gasteiger partial charge in [0, 0.05) is 0 Å². The van der Waals surface area contributed by atoms with E-state index in [1.165, 1.54) is 17.1 Å². The molecule has 1 amide bonds. The Kier molecular flexibility index (Phi) is 2.50. The normalized spacial score (nSPS) is 14.9. The number of benzene rings is 1. The molecule has 2 rings (SSSR count). The maximum atomic E-state index is 11.5. The van der Waals surface area contributed by atoms with Gasteiger partial charge in [0.1, 0.15) is 11.9 Å². The number of hydrogen-bond donors (Lipinski definition) is 1. The van der Waals surface area contributed by atoms with Gasteiger partial charge >= 0.3 is 0 Å². The molecular weight excluding hydrogens is 228 g/mol. The zero-order valence-electron chi connectivity index (χ0n) is 8.14. The van der Waals surface area contributed by atoms with Gasteiger partial charge in [0.25, 0.3) is 5.91 Å². The van der Waals surface area contributed by atoms with E-state index in [4.69, 9.17) is 22.6 Å². The van der Waals surface area contributed by atoms with Crippen molar-refractivity contribution in [3.63, 3.8) is 0 Å². The number of amidine groups is 1. The Morgan fingerprint density at radius 3 is 2.81 bits per heavy atom. The molecule has 1 aliphatic heterocycles. The molecule has 0 aliphatic carbocycles. The fourth-order valence-corrected chi connectivity index (χ4v) is 1.59. The van der Waals surface area contributed by atoms with Crippen LogP contribution in [0, 0.1) is 11.3 Å². The average molecular weight is 235 g/mol. The maximum absolute atomic E-state index is 11.5. The number of nitrogens with two attached hydrogens (primary N) is 1. The molecule has 0 radical (unpaired) electrons. The van der Waals surface area contributed by atoms with E-state index in [9.17, 15) is 4.79 Å². The molecule has 0 spiro atoms. The van der Waals surface area contributed by atoms with Crippen molar-refractivity contribution in [2.45, 2.75) is 6.42 Å². The molecule has 0 aromatic heterocycles. The Balaban J connectivity index is 2.40. The van der Waals surface area contributed by atoms with Gasteiger partial charge in [-0.2, -0.15) is 15.4 Å². The molecule has 1 aliphatic rings. The summed E-state index contributed by atoms with van der Waals surface area (Å²) in [4.78, 5) is 11.5. The van der Waals surface area contributed by atoms with Crippen LogP contribution < -0.4 is 10.7 Å². The summed E-state index contributed by atoms with van der Waals surface area (Å²) in [5.74, 6) is 0.0590. The second-order valence-electron chi connectivity index (χ2n) is 3.25. The summed E-state index contributed by atoms with van der Waals surface area (Å²) in [6.45, 7) is 0. The highest BCUT2D eigenvalue weighted by atomic mass is 35.5. The Hall–Kier alpha value is -2.06. The third-order valence-electron chi connectivity index (χ3n) is 2.11. The van der Waals surface area contributed by atoms with E-state index in [2.05, 4.69) is 5.10 Å². The summed E-state index contributed by atoms with van der Waals surface area (Å²) in [6, 6.07) is 6.59. The van der Waals surface area contributed by atoms with Crippen molar-refractivity contribution in [3.8, 4) is 6.07 Å². The monoisotopic (exact) mass is 234 g/mol. The first-order valence-corrected chi connectivity index (χ1v) is 4.85. The first-order chi connectivity index (χ1) is 7.61. The van der Waals surface area contributed by atoms with Gasteiger partial charge in [-0.05, 0) is 18.2 Å². The van der Waals surface area contributed by atoms with Crippen molar-refractivity contribution in [3.05, 3.63) is 28.8 Å². The van der Waals surface area contributed by atoms with E-state index >= 15 is 0 Å². The molecule has 1 heterocycles. The van der Waals surface area contributed by atoms with Crippen LogP contribution in [0.1, 0.15) is 12.0 Å². The summed E-state index contributed by atoms with van der Waals surface area (Å²) in [5.41, 5.74) is 6.31. The Bertz CT molecular complexity index is 532. The number of carbonyl (C=O) groups excluding carboxylic acids is 1. The quantitative estimate of drug-likeness (QED) is 0.793. The lowest BCUT2D eigenvalue weighted by atomic mass is 10.2. The van der Waals surface area contributed by atoms with Crippen LogP contribution in [-0.4, -0.2) is 11.7 Å². The van der Waals surface area contributed by atoms with Crippen molar-refractivity contribution in [2.24, 2.45) is 10.8 Å². The molecule has 0 bridgehead atoms. The number of hydrogen-bond acceptors (Lipinski definition) is 4. The molecule has 1 aromatic carbocycles. The van der Waals surface area contributed by atoms with Crippen LogP contribution in [0.4, 0.5) is 5.69 Å². The molecule has 0 saturated carbocycles. The standard InChI is InChI=1S/C10H7ClN4O/c11-8-3-7(2-1-6(8)5-12)15-10(16)4-9(13)14-15/h1-3H,4H2,(H2,13,14). The first kappa shape index (κ1) is 10.5. The van der Waals surface area contributed by atoms with E-state index in [1.54, 1.807) is 6.07 Å². The molecule has 2 N–H and O–H groups in total. The highest BCUT2D eigenvalue weighted by Crippen LogP contribution is 2.25. The number of carbonyl (C=O) groups is 1. The lowest BCUT2D eigenvalue weighted by molar-refractivity contribution is -0.116. The van der Waals surface area contributed by atoms with Gasteiger partial charge in [0.15, 0.2) is 0 Å². The number of halogens is 1. The summed E-state index contributed by atoms with van der Waals surface area (Å²) >= 11 is 5.85. The number of rotatable bonds is 1. The van der Waals surface area contributed by atoms with Crippen LogP contribution in [0.3, 0.4) is 0 Å². The average Bonchev–Trinajstić information content (AvgIpc) is 2.58. The molecule has 6 heteroatoms. The van der Waals surface area contributed by atoms with Crippen molar-refractivity contribution in [1.29, 1.82) is 5.26 Å². The number of amides is 1. The fourth-order valence-electron chi connectivity index (χ4n) is 1.38. The number of nitriles is 1. The van der Waals surface area contributed by atoms with Gasteiger partial charge in [-0.25, -0.2) is 0 Å². The second kappa shape index (κ2) is 3.83. The predicted molar refractivity (Wildman–Crippen MR) is 59.9 cm³/mol. The molecule has 80 valence electrons. The number of anilines is 1. The highest BCUT2D eigenvalue weighted by Gasteiger charge is 2.23. The van der Waals surface area contributed by atoms with E-state index in [0.717, 1.165) is 0 Å². The molecule has 1 aromatic rings. The smallest absolute Gasteiger partial charge is 0.255 e. The largest absolute Gasteiger partial charge is 0.385 e. The van der Waals surface area contributed by atoms with Crippen LogP contribution >= 0.6 is 11.6 Å². The Labute approximate surface area is 96.7 Å². The van der Waals surface area contributed by atoms with Crippen LogP contribution in [0.25, 0.3) is 0 Å². The zero-order valence-corrected chi connectivity index (χ0v) is 8.90. The molecule has 16 heavy (non-hydrogen) atoms. The third-order valence-corrected chi connectivity index (χ3v) is 2.43. The predicted octanol–water partition coefficient (Wildman–Crippen LogP) is 1.22. The van der Waals surface area contributed by atoms with Gasteiger partial charge in [-0.3, -0.25) is 4.79 Å². The van der Waals surface area contributed by atoms with E-state index in [-0.39, 0.29) is 23.2 Å². The minimum absolute atomic E-state index is 0.109. The van der Waals surface area contributed by atoms with Crippen molar-refractivity contribution in [1.82, 2.24) is 0 Å². The molecule has 0 fully saturated rings. The number of nitrogens with zero attached hydrogens (tertiary/aromatic N) is 3. The summed E-state index contributed by atoms with van der Waals surface area (Å²) < 4.78 is 0. The summed E-state index contributed by atoms with van der Waals surface area (Å²) in [6.07, 6.45) is 0.109. The SMILES string of the molecule is N#Cc1ccc(N2N=C(N)CC2=O)cc1Cl. The fraction of sp³-hybridized carbons (Fsp3) is 0.100. The number of hydrazone groups is 1. The van der Waals surface area contributed by atoms with Gasteiger partial charge in [0.2, 0.25) is 0 Å². The minimum Gasteiger partial charge on any atom is -0.385 e. The van der Waals surface area contributed by atoms with Gasteiger partial charge in [-0.1, -0.05) is 11.6 Å². The minimum atomic E-state index is -0.210. The van der Waals surface area contributed by atoms with Gasteiger partial charge < -0.3 is 5.73 Å². The van der Waals surface area contributed by atoms with Crippen molar-refractivity contribution < 1.29 is 4.79 Å². The molecule has 5 nitrogen and oxygen atoms in total. The van der Waals surface area contributed by atoms with Crippen LogP contribution in [0.15, 0.2) is 23.3 Å². The highest BCUT2D eigenvalue weighted by molar-refractivity contribution is 6.32. The zero-order chi connectivity index (χ0) is 11.7. The third kappa shape index (κ3) is 1.71. The Morgan fingerprint density at radius 1 is 1.56 bits per heavy atom. The van der Waals surface area contributed by atoms with Crippen LogP contribution in [-0.2, 0) is 4.79 Å². The van der Waals surface area contributed by atoms with Gasteiger partial charge in [-0.15, -0.1) is 0 Å². The molecule has 0 unspecified atom stereocenters. The van der Waals surface area contributed by atoms with E-state index in [0.29, 0.717) is 11.3 Å². The lowest BCUT2D eigenvalue weighted by Gasteiger charge is -2.11. The van der Waals surface area contributed by atoms with Gasteiger partial charge in [0.05, 0.1) is 22.7 Å². The second-order valence-corrected chi connectivity index (χ2v) is 3.66. The van der Waals surface area contributed by atoms with Crippen molar-refractivity contribution >= 4 is 29.0 Å². The van der Waals surface area contributed by atoms with Crippen LogP contribution in [0.2, 0.25) is 5.02 Å². The van der Waals surface area contributed by atoms with E-state index < -0.39 is 0 Å².